The number of benzene rings is 2. The highest BCUT2D eigenvalue weighted by atomic mass is 35.5. The Morgan fingerprint density at radius 1 is 1.17 bits per heavy atom. The number of methoxy groups -OCH3 is 1. The second kappa shape index (κ2) is 7.57. The first-order valence-corrected chi connectivity index (χ1v) is 8.93. The van der Waals surface area contributed by atoms with Crippen LogP contribution in [-0.2, 0) is 0 Å². The van der Waals surface area contributed by atoms with Crippen molar-refractivity contribution >= 4 is 45.3 Å². The van der Waals surface area contributed by atoms with Crippen LogP contribution in [-0.4, -0.2) is 30.9 Å². The first-order chi connectivity index (χ1) is 15.6. The van der Waals surface area contributed by atoms with Gasteiger partial charge in [0.15, 0.2) is 0 Å². The maximum absolute atomic E-state index is 12.2. The number of nitrogens with one attached hydrogen (secondary N) is 1. The Balaban J connectivity index is 1.75. The number of carbonyl (C=O) groups excluding carboxylic acids is 2. The number of primary amides is 1. The van der Waals surface area contributed by atoms with Gasteiger partial charge in [0, 0.05) is 40.2 Å². The van der Waals surface area contributed by atoms with Gasteiger partial charge in [-0.05, 0) is 18.2 Å². The molecule has 0 unspecified atom stereocenters. The Bertz CT molecular complexity index is 1420. The smallest absolute Gasteiger partial charge is 0.254 e. The summed E-state index contributed by atoms with van der Waals surface area (Å²) in [6.45, 7) is -2.65. The molecule has 0 bridgehead atoms. The molecule has 30 heavy (non-hydrogen) atoms. The molecule has 0 aliphatic rings. The molecule has 0 radical (unpaired) electrons. The van der Waals surface area contributed by atoms with Gasteiger partial charge >= 0.3 is 0 Å². The summed E-state index contributed by atoms with van der Waals surface area (Å²) in [5.41, 5.74) is 6.37. The number of nitrogens with two attached hydrogens (primary N) is 1. The van der Waals surface area contributed by atoms with E-state index in [-0.39, 0.29) is 33.2 Å². The van der Waals surface area contributed by atoms with Crippen molar-refractivity contribution in [3.05, 3.63) is 58.9 Å². The van der Waals surface area contributed by atoms with Crippen molar-refractivity contribution in [2.45, 2.75) is 0 Å². The van der Waals surface area contributed by atoms with E-state index in [0.717, 1.165) is 6.26 Å². The summed E-state index contributed by atoms with van der Waals surface area (Å²) in [6.07, 6.45) is 2.65. The first kappa shape index (κ1) is 16.1. The normalized spacial score (nSPS) is 12.8. The van der Waals surface area contributed by atoms with Gasteiger partial charge < -0.3 is 24.9 Å². The molecule has 0 spiro atoms. The van der Waals surface area contributed by atoms with Gasteiger partial charge in [-0.1, -0.05) is 11.6 Å². The molecule has 8 nitrogen and oxygen atoms in total. The molecular formula is C21H16ClN3O5. The lowest BCUT2D eigenvalue weighted by Gasteiger charge is -2.12. The molecule has 2 aromatic heterocycles. The molecule has 0 aliphatic heterocycles. The lowest BCUT2D eigenvalue weighted by atomic mass is 10.1. The highest BCUT2D eigenvalue weighted by Crippen LogP contribution is 2.38. The molecule has 2 aromatic carbocycles. The summed E-state index contributed by atoms with van der Waals surface area (Å²) in [5.74, 6) is -0.700. The van der Waals surface area contributed by atoms with Crippen molar-refractivity contribution in [3.8, 4) is 17.2 Å². The van der Waals surface area contributed by atoms with Crippen LogP contribution >= 0.6 is 11.6 Å². The zero-order valence-corrected chi connectivity index (χ0v) is 16.2. The van der Waals surface area contributed by atoms with E-state index in [1.54, 1.807) is 12.1 Å². The number of amides is 2. The number of halogens is 1. The van der Waals surface area contributed by atoms with Crippen LogP contribution in [0.4, 0.5) is 0 Å². The van der Waals surface area contributed by atoms with E-state index in [4.69, 9.17) is 35.3 Å². The van der Waals surface area contributed by atoms with Gasteiger partial charge in [-0.25, -0.2) is 0 Å². The summed E-state index contributed by atoms with van der Waals surface area (Å²) < 4.78 is 38.2. The minimum absolute atomic E-state index is 0.0159. The van der Waals surface area contributed by atoms with Crippen LogP contribution in [0.5, 0.6) is 17.2 Å². The Morgan fingerprint density at radius 2 is 2.00 bits per heavy atom. The van der Waals surface area contributed by atoms with E-state index in [1.165, 1.54) is 31.5 Å². The topological polar surface area (TPSA) is 117 Å². The van der Waals surface area contributed by atoms with E-state index in [9.17, 15) is 9.59 Å². The minimum Gasteiger partial charge on any atom is -0.496 e. The number of fused-ring (bicyclic) bond motifs is 2. The average Bonchev–Trinajstić information content (AvgIpc) is 3.14. The van der Waals surface area contributed by atoms with E-state index >= 15 is 0 Å². The van der Waals surface area contributed by atoms with Crippen LogP contribution in [0.25, 0.3) is 21.9 Å². The summed E-state index contributed by atoms with van der Waals surface area (Å²) in [4.78, 5) is 28.3. The summed E-state index contributed by atoms with van der Waals surface area (Å²) in [6, 6.07) is 7.56. The molecule has 0 fully saturated rings. The number of pyridine rings is 1. The number of nitrogens with zero attached hydrogens (tertiary/aromatic N) is 1. The number of hydrogen-bond donors (Lipinski definition) is 2. The standard InChI is InChI=1S/C21H16ClN3O5/c1-24-21(27)13-9-29-18-8-19(14(22)6-10(13)18)30-16-3-4-25-15-7-17(28-2)12(20(23)26)5-11(15)16/h3-9H,1-2H3,(H2,23,26)(H,24,27)/i1D3. The SMILES string of the molecule is [2H]C([2H])([2H])NC(=O)c1coc2cc(Oc3ccnc4cc(OC)c(C(N)=O)cc34)c(Cl)cc12. The molecule has 4 aromatic rings. The van der Waals surface area contributed by atoms with Crippen molar-refractivity contribution in [2.75, 3.05) is 14.1 Å². The van der Waals surface area contributed by atoms with Gasteiger partial charge in [-0.3, -0.25) is 14.6 Å². The van der Waals surface area contributed by atoms with Crippen LogP contribution < -0.4 is 20.5 Å². The molecule has 3 N–H and O–H groups in total. The van der Waals surface area contributed by atoms with Crippen molar-refractivity contribution < 1.29 is 27.6 Å². The molecule has 152 valence electrons. The predicted octanol–water partition coefficient (Wildman–Crippen LogP) is 3.89. The Hall–Kier alpha value is -3.78. The number of rotatable bonds is 5. The fraction of sp³-hybridized carbons (Fsp3) is 0.0952. The first-order valence-electron chi connectivity index (χ1n) is 10.0. The number of aromatic nitrogens is 1. The summed E-state index contributed by atoms with van der Waals surface area (Å²) in [7, 11) is 1.42. The number of ether oxygens (including phenoxy) is 2. The number of furan rings is 1. The Morgan fingerprint density at radius 3 is 2.73 bits per heavy atom. The molecule has 4 rings (SSSR count). The van der Waals surface area contributed by atoms with Crippen molar-refractivity contribution in [2.24, 2.45) is 5.73 Å². The maximum Gasteiger partial charge on any atom is 0.254 e. The van der Waals surface area contributed by atoms with Gasteiger partial charge in [0.25, 0.3) is 11.8 Å². The monoisotopic (exact) mass is 428 g/mol. The fourth-order valence-corrected chi connectivity index (χ4v) is 3.27. The van der Waals surface area contributed by atoms with Gasteiger partial charge in [0.2, 0.25) is 0 Å². The number of carbonyl (C=O) groups is 2. The third-order valence-corrected chi connectivity index (χ3v) is 4.79. The largest absolute Gasteiger partial charge is 0.496 e. The molecule has 0 atom stereocenters. The van der Waals surface area contributed by atoms with E-state index in [0.29, 0.717) is 22.0 Å². The molecule has 2 amide bonds. The average molecular weight is 429 g/mol. The van der Waals surface area contributed by atoms with E-state index in [2.05, 4.69) is 4.98 Å². The third-order valence-electron chi connectivity index (χ3n) is 4.49. The van der Waals surface area contributed by atoms with Crippen LogP contribution in [0.15, 0.2) is 47.2 Å². The lowest BCUT2D eigenvalue weighted by molar-refractivity contribution is 0.0962. The van der Waals surface area contributed by atoms with Crippen LogP contribution in [0, 0.1) is 0 Å². The van der Waals surface area contributed by atoms with Gasteiger partial charge in [-0.2, -0.15) is 0 Å². The van der Waals surface area contributed by atoms with Crippen molar-refractivity contribution in [1.29, 1.82) is 0 Å². The predicted molar refractivity (Wildman–Crippen MR) is 112 cm³/mol. The molecule has 0 saturated heterocycles. The summed E-state index contributed by atoms with van der Waals surface area (Å²) in [5, 5.41) is 2.84. The highest BCUT2D eigenvalue weighted by Gasteiger charge is 2.18. The van der Waals surface area contributed by atoms with Gasteiger partial charge in [-0.15, -0.1) is 0 Å². The second-order valence-electron chi connectivity index (χ2n) is 6.23. The molecule has 0 aliphatic carbocycles. The fourth-order valence-electron chi connectivity index (χ4n) is 3.07. The molecule has 9 heteroatoms. The maximum atomic E-state index is 12.2. The Labute approximate surface area is 179 Å². The minimum atomic E-state index is -2.65. The van der Waals surface area contributed by atoms with Gasteiger partial charge in [0.05, 0.1) is 28.8 Å². The second-order valence-corrected chi connectivity index (χ2v) is 6.63. The quantitative estimate of drug-likeness (QED) is 0.498. The van der Waals surface area contributed by atoms with Crippen molar-refractivity contribution in [3.63, 3.8) is 0 Å². The lowest BCUT2D eigenvalue weighted by Crippen LogP contribution is -2.17. The van der Waals surface area contributed by atoms with Crippen LogP contribution in [0.3, 0.4) is 0 Å². The molecule has 0 saturated carbocycles. The zero-order valence-electron chi connectivity index (χ0n) is 18.5. The summed E-state index contributed by atoms with van der Waals surface area (Å²) >= 11 is 6.38. The molecule has 2 heterocycles. The van der Waals surface area contributed by atoms with Gasteiger partial charge in [0.1, 0.15) is 29.1 Å². The van der Waals surface area contributed by atoms with E-state index in [1.807, 2.05) is 5.32 Å². The zero-order chi connectivity index (χ0) is 23.9. The Kier molecular flexibility index (Phi) is 4.05. The highest BCUT2D eigenvalue weighted by molar-refractivity contribution is 6.33. The number of hydrogen-bond acceptors (Lipinski definition) is 6. The van der Waals surface area contributed by atoms with Crippen LogP contribution in [0.2, 0.25) is 5.02 Å². The molecular weight excluding hydrogens is 410 g/mol. The third kappa shape index (κ3) is 3.27. The van der Waals surface area contributed by atoms with E-state index < -0.39 is 18.8 Å². The van der Waals surface area contributed by atoms with Crippen LogP contribution in [0.1, 0.15) is 24.8 Å². The van der Waals surface area contributed by atoms with Crippen molar-refractivity contribution in [1.82, 2.24) is 10.3 Å².